The molecule has 1 aromatic heterocycles. The van der Waals surface area contributed by atoms with Crippen LogP contribution in [0.4, 0.5) is 5.82 Å². The third-order valence-corrected chi connectivity index (χ3v) is 3.38. The van der Waals surface area contributed by atoms with Crippen LogP contribution in [0.3, 0.4) is 0 Å². The van der Waals surface area contributed by atoms with Crippen molar-refractivity contribution < 1.29 is 0 Å². The molecular formula is C13H21N3. The molecule has 0 saturated heterocycles. The minimum atomic E-state index is 0.870. The Balaban J connectivity index is 2.05. The van der Waals surface area contributed by atoms with Gasteiger partial charge in [-0.15, -0.1) is 0 Å². The summed E-state index contributed by atoms with van der Waals surface area (Å²) < 4.78 is 0. The van der Waals surface area contributed by atoms with Gasteiger partial charge >= 0.3 is 0 Å². The van der Waals surface area contributed by atoms with Gasteiger partial charge in [0.25, 0.3) is 0 Å². The van der Waals surface area contributed by atoms with Crippen molar-refractivity contribution in [2.24, 2.45) is 11.8 Å². The average molecular weight is 219 g/mol. The molecule has 2 atom stereocenters. The number of hydrogen-bond acceptors (Lipinski definition) is 3. The Morgan fingerprint density at radius 1 is 1.56 bits per heavy atom. The number of rotatable bonds is 5. The molecule has 3 heteroatoms. The molecule has 0 bridgehead atoms. The molecule has 2 unspecified atom stereocenters. The molecule has 3 nitrogen and oxygen atoms in total. The van der Waals surface area contributed by atoms with Crippen molar-refractivity contribution in [2.75, 3.05) is 25.5 Å². The van der Waals surface area contributed by atoms with E-state index < -0.39 is 0 Å². The number of aromatic nitrogens is 1. The first-order chi connectivity index (χ1) is 7.72. The van der Waals surface area contributed by atoms with Crippen molar-refractivity contribution in [3.8, 4) is 0 Å². The van der Waals surface area contributed by atoms with Crippen molar-refractivity contribution in [3.63, 3.8) is 0 Å². The van der Waals surface area contributed by atoms with E-state index in [4.69, 9.17) is 0 Å². The summed E-state index contributed by atoms with van der Waals surface area (Å²) in [5, 5.41) is 3.19. The topological polar surface area (TPSA) is 28.2 Å². The summed E-state index contributed by atoms with van der Waals surface area (Å²) in [6, 6.07) is 4.15. The smallest absolute Gasteiger partial charge is 0.132 e. The maximum absolute atomic E-state index is 4.49. The molecule has 88 valence electrons. The minimum Gasteiger partial charge on any atom is -0.359 e. The fourth-order valence-electron chi connectivity index (χ4n) is 2.19. The quantitative estimate of drug-likeness (QED) is 0.819. The molecule has 1 aliphatic rings. The zero-order valence-corrected chi connectivity index (χ0v) is 10.4. The summed E-state index contributed by atoms with van der Waals surface area (Å²) in [5.74, 6) is 2.89. The second kappa shape index (κ2) is 4.83. The van der Waals surface area contributed by atoms with E-state index in [-0.39, 0.29) is 0 Å². The van der Waals surface area contributed by atoms with Gasteiger partial charge in [-0.2, -0.15) is 0 Å². The average Bonchev–Trinajstić information content (AvgIpc) is 2.95. The van der Waals surface area contributed by atoms with Crippen LogP contribution in [0.5, 0.6) is 0 Å². The van der Waals surface area contributed by atoms with Crippen LogP contribution >= 0.6 is 0 Å². The van der Waals surface area contributed by atoms with Crippen molar-refractivity contribution in [1.82, 2.24) is 10.3 Å². The number of hydrogen-bond donors (Lipinski definition) is 1. The van der Waals surface area contributed by atoms with Crippen LogP contribution in [0.1, 0.15) is 18.9 Å². The standard InChI is InChI=1S/C13H21N3/c1-10-7-12(10)9-16(3)13-11(8-14-2)5-4-6-15-13/h4-6,10,12,14H,7-9H2,1-3H3. The van der Waals surface area contributed by atoms with Gasteiger partial charge in [0.2, 0.25) is 0 Å². The van der Waals surface area contributed by atoms with Crippen molar-refractivity contribution >= 4 is 5.82 Å². The maximum atomic E-state index is 4.49. The van der Waals surface area contributed by atoms with Gasteiger partial charge in [0.15, 0.2) is 0 Å². The molecule has 1 N–H and O–H groups in total. The van der Waals surface area contributed by atoms with Gasteiger partial charge in [0.1, 0.15) is 5.82 Å². The Labute approximate surface area is 97.9 Å². The number of nitrogens with zero attached hydrogens (tertiary/aromatic N) is 2. The zero-order valence-electron chi connectivity index (χ0n) is 10.4. The van der Waals surface area contributed by atoms with Crippen LogP contribution in [0.25, 0.3) is 0 Å². The molecule has 1 fully saturated rings. The molecule has 2 rings (SSSR count). The molecule has 1 heterocycles. The van der Waals surface area contributed by atoms with Crippen LogP contribution < -0.4 is 10.2 Å². The Morgan fingerprint density at radius 2 is 2.31 bits per heavy atom. The molecular weight excluding hydrogens is 198 g/mol. The highest BCUT2D eigenvalue weighted by Gasteiger charge is 2.33. The molecule has 1 aromatic rings. The summed E-state index contributed by atoms with van der Waals surface area (Å²) in [6.07, 6.45) is 3.25. The first-order valence-electron chi connectivity index (χ1n) is 6.02. The monoisotopic (exact) mass is 219 g/mol. The SMILES string of the molecule is CNCc1cccnc1N(C)CC1CC1C. The number of nitrogens with one attached hydrogen (secondary N) is 1. The van der Waals surface area contributed by atoms with Crippen molar-refractivity contribution in [1.29, 1.82) is 0 Å². The highest BCUT2D eigenvalue weighted by molar-refractivity contribution is 5.46. The maximum Gasteiger partial charge on any atom is 0.132 e. The van der Waals surface area contributed by atoms with Crippen LogP contribution in [-0.2, 0) is 6.54 Å². The van der Waals surface area contributed by atoms with Gasteiger partial charge in [-0.3, -0.25) is 0 Å². The third kappa shape index (κ3) is 2.53. The fourth-order valence-corrected chi connectivity index (χ4v) is 2.19. The van der Waals surface area contributed by atoms with Gasteiger partial charge in [-0.1, -0.05) is 13.0 Å². The summed E-state index contributed by atoms with van der Waals surface area (Å²) in [6.45, 7) is 4.34. The number of pyridine rings is 1. The predicted molar refractivity (Wildman–Crippen MR) is 67.5 cm³/mol. The van der Waals surface area contributed by atoms with Gasteiger partial charge < -0.3 is 10.2 Å². The van der Waals surface area contributed by atoms with E-state index in [0.29, 0.717) is 0 Å². The molecule has 0 radical (unpaired) electrons. The summed E-state index contributed by atoms with van der Waals surface area (Å²) in [4.78, 5) is 6.78. The molecule has 16 heavy (non-hydrogen) atoms. The summed E-state index contributed by atoms with van der Waals surface area (Å²) in [7, 11) is 4.12. The highest BCUT2D eigenvalue weighted by atomic mass is 15.2. The molecule has 0 amide bonds. The first kappa shape index (κ1) is 11.4. The Morgan fingerprint density at radius 3 is 2.94 bits per heavy atom. The lowest BCUT2D eigenvalue weighted by atomic mass is 10.2. The predicted octanol–water partition coefficient (Wildman–Crippen LogP) is 1.89. The van der Waals surface area contributed by atoms with Crippen LogP contribution in [0, 0.1) is 11.8 Å². The lowest BCUT2D eigenvalue weighted by Gasteiger charge is -2.21. The number of anilines is 1. The van der Waals surface area contributed by atoms with Crippen LogP contribution in [-0.4, -0.2) is 25.6 Å². The lowest BCUT2D eigenvalue weighted by Crippen LogP contribution is -2.24. The van der Waals surface area contributed by atoms with E-state index >= 15 is 0 Å². The summed E-state index contributed by atoms with van der Waals surface area (Å²) >= 11 is 0. The van der Waals surface area contributed by atoms with Crippen molar-refractivity contribution in [2.45, 2.75) is 19.9 Å². The van der Waals surface area contributed by atoms with E-state index in [1.54, 1.807) is 0 Å². The van der Waals surface area contributed by atoms with E-state index in [0.717, 1.165) is 30.7 Å². The third-order valence-electron chi connectivity index (χ3n) is 3.38. The molecule has 1 aliphatic carbocycles. The molecule has 1 saturated carbocycles. The fraction of sp³-hybridized carbons (Fsp3) is 0.615. The van der Waals surface area contributed by atoms with E-state index in [1.165, 1.54) is 12.0 Å². The van der Waals surface area contributed by atoms with Gasteiger partial charge in [-0.25, -0.2) is 4.98 Å². The highest BCUT2D eigenvalue weighted by Crippen LogP contribution is 2.38. The largest absolute Gasteiger partial charge is 0.359 e. The lowest BCUT2D eigenvalue weighted by molar-refractivity contribution is 0.711. The van der Waals surface area contributed by atoms with Gasteiger partial charge in [-0.05, 0) is 31.4 Å². The molecule has 0 spiro atoms. The summed E-state index contributed by atoms with van der Waals surface area (Å²) in [5.41, 5.74) is 1.28. The molecule has 0 aromatic carbocycles. The van der Waals surface area contributed by atoms with Crippen molar-refractivity contribution in [3.05, 3.63) is 23.9 Å². The minimum absolute atomic E-state index is 0.870. The van der Waals surface area contributed by atoms with E-state index in [1.807, 2.05) is 19.3 Å². The Hall–Kier alpha value is -1.09. The van der Waals surface area contributed by atoms with Gasteiger partial charge in [0, 0.05) is 31.9 Å². The zero-order chi connectivity index (χ0) is 11.5. The van der Waals surface area contributed by atoms with Crippen LogP contribution in [0.15, 0.2) is 18.3 Å². The first-order valence-corrected chi connectivity index (χ1v) is 6.02. The Kier molecular flexibility index (Phi) is 3.44. The Bertz CT molecular complexity index is 351. The van der Waals surface area contributed by atoms with Crippen LogP contribution in [0.2, 0.25) is 0 Å². The second-order valence-electron chi connectivity index (χ2n) is 4.87. The van der Waals surface area contributed by atoms with E-state index in [2.05, 4.69) is 35.2 Å². The van der Waals surface area contributed by atoms with Gasteiger partial charge in [0.05, 0.1) is 0 Å². The normalized spacial score (nSPS) is 23.2. The van der Waals surface area contributed by atoms with E-state index in [9.17, 15) is 0 Å². The second-order valence-corrected chi connectivity index (χ2v) is 4.87. The molecule has 0 aliphatic heterocycles.